The maximum absolute atomic E-state index is 12.1. The van der Waals surface area contributed by atoms with Crippen molar-refractivity contribution >= 4 is 26.0 Å². The average Bonchev–Trinajstić information content (AvgIpc) is 2.41. The molecule has 0 bridgehead atoms. The van der Waals surface area contributed by atoms with E-state index in [0.717, 1.165) is 15.6 Å². The molecular weight excluding hydrogens is 354 g/mol. The van der Waals surface area contributed by atoms with E-state index in [1.165, 1.54) is 12.1 Å². The van der Waals surface area contributed by atoms with E-state index in [1.54, 1.807) is 12.1 Å². The molecule has 0 heterocycles. The second-order valence-corrected chi connectivity index (χ2v) is 7.41. The molecule has 2 aromatic rings. The Bertz CT molecular complexity index is 697. The lowest BCUT2D eigenvalue weighted by atomic mass is 10.1. The molecule has 2 rings (SSSR count). The van der Waals surface area contributed by atoms with Gasteiger partial charge in [-0.1, -0.05) is 45.8 Å². The molecule has 0 aromatic heterocycles. The molecular formula is C15H16BrNO3S. The number of hydrogen-bond donors (Lipinski definition) is 2. The van der Waals surface area contributed by atoms with Crippen LogP contribution in [0, 0.1) is 6.92 Å². The van der Waals surface area contributed by atoms with Crippen LogP contribution in [0.5, 0.6) is 0 Å². The van der Waals surface area contributed by atoms with Crippen molar-refractivity contribution in [3.05, 3.63) is 64.1 Å². The largest absolute Gasteiger partial charge is 0.377 e. The van der Waals surface area contributed by atoms with Crippen LogP contribution >= 0.6 is 15.9 Å². The highest BCUT2D eigenvalue weighted by Gasteiger charge is 2.18. The first-order valence-corrected chi connectivity index (χ1v) is 8.66. The zero-order valence-electron chi connectivity index (χ0n) is 11.5. The summed E-state index contributed by atoms with van der Waals surface area (Å²) >= 11 is 3.32. The molecule has 0 aliphatic rings. The van der Waals surface area contributed by atoms with Crippen molar-refractivity contribution in [1.82, 2.24) is 4.72 Å². The first kappa shape index (κ1) is 16.2. The van der Waals surface area contributed by atoms with Gasteiger partial charge in [-0.2, -0.15) is 4.72 Å². The van der Waals surface area contributed by atoms with Crippen molar-refractivity contribution in [1.29, 1.82) is 0 Å². The van der Waals surface area contributed by atoms with E-state index in [2.05, 4.69) is 20.7 Å². The number of aliphatic hydroxyl groups is 1. The normalized spacial score (nSPS) is 13.1. The van der Waals surface area contributed by atoms with Gasteiger partial charge in [-0.15, -0.1) is 0 Å². The van der Waals surface area contributed by atoms with Gasteiger partial charge in [-0.25, -0.2) is 8.42 Å². The topological polar surface area (TPSA) is 66.4 Å². The third-order valence-corrected chi connectivity index (χ3v) is 4.97. The van der Waals surface area contributed by atoms with E-state index in [9.17, 15) is 13.5 Å². The molecule has 0 saturated carbocycles. The summed E-state index contributed by atoms with van der Waals surface area (Å²) in [6.07, 6.45) is -0.962. The van der Waals surface area contributed by atoms with Gasteiger partial charge in [0.15, 0.2) is 0 Å². The quantitative estimate of drug-likeness (QED) is 0.796. The lowest BCUT2D eigenvalue weighted by Gasteiger charge is -2.13. The van der Waals surface area contributed by atoms with Crippen LogP contribution in [0.2, 0.25) is 0 Å². The van der Waals surface area contributed by atoms with Crippen molar-refractivity contribution in [2.75, 3.05) is 0 Å². The molecule has 112 valence electrons. The van der Waals surface area contributed by atoms with Gasteiger partial charge in [0.2, 0.25) is 10.0 Å². The predicted octanol–water partition coefficient (Wildman–Crippen LogP) is 2.60. The first-order chi connectivity index (χ1) is 9.87. The first-order valence-electron chi connectivity index (χ1n) is 6.38. The van der Waals surface area contributed by atoms with Crippen molar-refractivity contribution in [2.24, 2.45) is 0 Å². The van der Waals surface area contributed by atoms with Gasteiger partial charge in [0.25, 0.3) is 0 Å². The van der Waals surface area contributed by atoms with Gasteiger partial charge in [-0.3, -0.25) is 0 Å². The molecule has 2 aromatic carbocycles. The van der Waals surface area contributed by atoms with E-state index in [0.29, 0.717) is 0 Å². The number of halogens is 1. The number of aliphatic hydroxyl groups excluding tert-OH is 1. The maximum atomic E-state index is 12.1. The van der Waals surface area contributed by atoms with Crippen LogP contribution in [0.1, 0.15) is 11.1 Å². The summed E-state index contributed by atoms with van der Waals surface area (Å²) in [5.74, 6) is 0. The highest BCUT2D eigenvalue weighted by Crippen LogP contribution is 2.13. The molecule has 0 amide bonds. The van der Waals surface area contributed by atoms with Crippen molar-refractivity contribution in [3.8, 4) is 0 Å². The third kappa shape index (κ3) is 4.64. The standard InChI is InChI=1S/C15H16BrNO3S/c1-11-2-8-14(9-3-11)21(19,20)17-15(18)10-12-4-6-13(16)7-5-12/h2-9,15,17-18H,10H2,1H3. The number of benzene rings is 2. The summed E-state index contributed by atoms with van der Waals surface area (Å²) < 4.78 is 27.4. The van der Waals surface area contributed by atoms with Crippen LogP contribution in [0.15, 0.2) is 57.9 Å². The Morgan fingerprint density at radius 2 is 1.67 bits per heavy atom. The lowest BCUT2D eigenvalue weighted by molar-refractivity contribution is 0.164. The Balaban J connectivity index is 2.05. The lowest BCUT2D eigenvalue weighted by Crippen LogP contribution is -2.36. The van der Waals surface area contributed by atoms with Gasteiger partial charge in [0, 0.05) is 10.9 Å². The van der Waals surface area contributed by atoms with Gasteiger partial charge in [-0.05, 0) is 36.8 Å². The summed E-state index contributed by atoms with van der Waals surface area (Å²) in [5.41, 5.74) is 1.82. The number of rotatable bonds is 5. The number of sulfonamides is 1. The van der Waals surface area contributed by atoms with Crippen molar-refractivity contribution < 1.29 is 13.5 Å². The summed E-state index contributed by atoms with van der Waals surface area (Å²) in [6.45, 7) is 1.88. The molecule has 0 radical (unpaired) electrons. The zero-order chi connectivity index (χ0) is 15.5. The van der Waals surface area contributed by atoms with Crippen LogP contribution in [0.4, 0.5) is 0 Å². The van der Waals surface area contributed by atoms with E-state index >= 15 is 0 Å². The fraction of sp³-hybridized carbons (Fsp3) is 0.200. The van der Waals surface area contributed by atoms with Crippen LogP contribution in [0.25, 0.3) is 0 Å². The SMILES string of the molecule is Cc1ccc(S(=O)(=O)NC(O)Cc2ccc(Br)cc2)cc1. The number of nitrogens with one attached hydrogen (secondary N) is 1. The fourth-order valence-corrected chi connectivity index (χ4v) is 3.19. The number of hydrogen-bond acceptors (Lipinski definition) is 3. The summed E-state index contributed by atoms with van der Waals surface area (Å²) in [7, 11) is -3.71. The van der Waals surface area contributed by atoms with Crippen molar-refractivity contribution in [3.63, 3.8) is 0 Å². The molecule has 0 spiro atoms. The van der Waals surface area contributed by atoms with Crippen LogP contribution in [-0.2, 0) is 16.4 Å². The minimum Gasteiger partial charge on any atom is -0.377 e. The van der Waals surface area contributed by atoms with Crippen LogP contribution in [-0.4, -0.2) is 19.8 Å². The molecule has 4 nitrogen and oxygen atoms in total. The molecule has 6 heteroatoms. The van der Waals surface area contributed by atoms with Crippen LogP contribution < -0.4 is 4.72 Å². The van der Waals surface area contributed by atoms with Gasteiger partial charge >= 0.3 is 0 Å². The molecule has 0 aliphatic heterocycles. The predicted molar refractivity (Wildman–Crippen MR) is 85.4 cm³/mol. The molecule has 0 fully saturated rings. The summed E-state index contributed by atoms with van der Waals surface area (Å²) in [6, 6.07) is 13.8. The Labute approximate surface area is 133 Å². The maximum Gasteiger partial charge on any atom is 0.242 e. The fourth-order valence-electron chi connectivity index (χ4n) is 1.85. The Hall–Kier alpha value is -1.21. The Morgan fingerprint density at radius 1 is 1.10 bits per heavy atom. The zero-order valence-corrected chi connectivity index (χ0v) is 13.9. The van der Waals surface area contributed by atoms with E-state index in [1.807, 2.05) is 31.2 Å². The summed E-state index contributed by atoms with van der Waals surface area (Å²) in [4.78, 5) is 0.142. The highest BCUT2D eigenvalue weighted by molar-refractivity contribution is 9.10. The molecule has 0 aliphatic carbocycles. The number of aryl methyl sites for hydroxylation is 1. The van der Waals surface area contributed by atoms with Crippen LogP contribution in [0.3, 0.4) is 0 Å². The van der Waals surface area contributed by atoms with Crippen molar-refractivity contribution in [2.45, 2.75) is 24.5 Å². The van der Waals surface area contributed by atoms with Gasteiger partial charge < -0.3 is 5.11 Å². The third-order valence-electron chi connectivity index (χ3n) is 2.96. The van der Waals surface area contributed by atoms with Gasteiger partial charge in [0.05, 0.1) is 4.90 Å². The van der Waals surface area contributed by atoms with E-state index in [4.69, 9.17) is 0 Å². The van der Waals surface area contributed by atoms with E-state index < -0.39 is 16.3 Å². The second kappa shape index (κ2) is 6.70. The minimum absolute atomic E-state index is 0.142. The second-order valence-electron chi connectivity index (χ2n) is 4.78. The molecule has 0 saturated heterocycles. The highest BCUT2D eigenvalue weighted by atomic mass is 79.9. The minimum atomic E-state index is -3.71. The monoisotopic (exact) mass is 369 g/mol. The average molecular weight is 370 g/mol. The molecule has 1 unspecified atom stereocenters. The molecule has 2 N–H and O–H groups in total. The Kier molecular flexibility index (Phi) is 5.16. The van der Waals surface area contributed by atoms with Gasteiger partial charge in [0.1, 0.15) is 6.23 Å². The molecule has 21 heavy (non-hydrogen) atoms. The smallest absolute Gasteiger partial charge is 0.242 e. The summed E-state index contributed by atoms with van der Waals surface area (Å²) in [5, 5.41) is 9.92. The van der Waals surface area contributed by atoms with E-state index in [-0.39, 0.29) is 11.3 Å². The molecule has 1 atom stereocenters. The Morgan fingerprint density at radius 3 is 2.24 bits per heavy atom.